The molecule has 0 fully saturated rings. The Kier molecular flexibility index (Phi) is 11.4. The van der Waals surface area contributed by atoms with Gasteiger partial charge in [0.1, 0.15) is 11.5 Å². The number of fused-ring (bicyclic) bond motifs is 1. The number of hydrogen-bond donors (Lipinski definition) is 2. The first-order valence-corrected chi connectivity index (χ1v) is 14.9. The first-order valence-electron chi connectivity index (χ1n) is 14.1. The van der Waals surface area contributed by atoms with Gasteiger partial charge in [-0.3, -0.25) is 15.1 Å². The average Bonchev–Trinajstić information content (AvgIpc) is 2.99. The molecule has 2 N–H and O–H groups in total. The average molecular weight is 606 g/mol. The highest BCUT2D eigenvalue weighted by atomic mass is 35.5. The molecule has 0 radical (unpaired) electrons. The molecular formula is C33H36ClN3O4S. The van der Waals surface area contributed by atoms with Crippen molar-refractivity contribution < 1.29 is 19.0 Å². The number of nitrogens with one attached hydrogen (secondary N) is 2. The Bertz CT molecular complexity index is 1530. The first-order chi connectivity index (χ1) is 20.4. The monoisotopic (exact) mass is 605 g/mol. The lowest BCUT2D eigenvalue weighted by Gasteiger charge is -2.14. The van der Waals surface area contributed by atoms with E-state index < -0.39 is 0 Å². The predicted molar refractivity (Wildman–Crippen MR) is 174 cm³/mol. The van der Waals surface area contributed by atoms with Crippen LogP contribution >= 0.6 is 23.8 Å². The molecule has 4 aromatic rings. The molecule has 0 unspecified atom stereocenters. The van der Waals surface area contributed by atoms with Crippen LogP contribution in [0.15, 0.2) is 66.9 Å². The topological polar surface area (TPSA) is 81.7 Å². The van der Waals surface area contributed by atoms with Crippen LogP contribution in [0.25, 0.3) is 10.9 Å². The van der Waals surface area contributed by atoms with E-state index in [1.54, 1.807) is 50.7 Å². The molecule has 42 heavy (non-hydrogen) atoms. The van der Waals surface area contributed by atoms with Crippen molar-refractivity contribution in [3.8, 4) is 23.0 Å². The summed E-state index contributed by atoms with van der Waals surface area (Å²) in [5, 5.41) is 7.01. The number of methoxy groups -OCH3 is 2. The fraction of sp³-hybridized carbons (Fsp3) is 0.303. The number of anilines is 1. The molecule has 0 spiro atoms. The highest BCUT2D eigenvalue weighted by Gasteiger charge is 2.14. The lowest BCUT2D eigenvalue weighted by molar-refractivity contribution is 0.0977. The number of aryl methyl sites for hydroxylation is 1. The summed E-state index contributed by atoms with van der Waals surface area (Å²) >= 11 is 11.9. The van der Waals surface area contributed by atoms with Gasteiger partial charge in [0.05, 0.1) is 24.8 Å². The molecule has 0 saturated carbocycles. The van der Waals surface area contributed by atoms with Gasteiger partial charge < -0.3 is 19.5 Å². The Balaban J connectivity index is 1.33. The molecule has 1 heterocycles. The Morgan fingerprint density at radius 3 is 2.29 bits per heavy atom. The van der Waals surface area contributed by atoms with Gasteiger partial charge >= 0.3 is 0 Å². The lowest BCUT2D eigenvalue weighted by atomic mass is 10.0. The van der Waals surface area contributed by atoms with Gasteiger partial charge in [-0.05, 0) is 73.1 Å². The van der Waals surface area contributed by atoms with Gasteiger partial charge in [0.25, 0.3) is 5.91 Å². The van der Waals surface area contributed by atoms with Gasteiger partial charge in [0.15, 0.2) is 16.6 Å². The number of nitrogens with zero attached hydrogens (tertiary/aromatic N) is 1. The van der Waals surface area contributed by atoms with E-state index in [9.17, 15) is 4.79 Å². The van der Waals surface area contributed by atoms with Gasteiger partial charge in [-0.1, -0.05) is 62.8 Å². The summed E-state index contributed by atoms with van der Waals surface area (Å²) in [6.07, 6.45) is 10.2. The summed E-state index contributed by atoms with van der Waals surface area (Å²) in [5.74, 6) is 1.87. The molecule has 220 valence electrons. The summed E-state index contributed by atoms with van der Waals surface area (Å²) in [4.78, 5) is 17.1. The fourth-order valence-corrected chi connectivity index (χ4v) is 5.02. The summed E-state index contributed by atoms with van der Waals surface area (Å²) in [5.41, 5.74) is 3.08. The molecule has 0 aliphatic rings. The lowest BCUT2D eigenvalue weighted by Crippen LogP contribution is -2.34. The second-order valence-corrected chi connectivity index (χ2v) is 10.7. The molecule has 0 atom stereocenters. The molecular weight excluding hydrogens is 570 g/mol. The molecule has 0 aliphatic heterocycles. The number of unbranched alkanes of at least 4 members (excludes halogenated alkanes) is 5. The maximum Gasteiger partial charge on any atom is 0.257 e. The molecule has 1 amide bonds. The van der Waals surface area contributed by atoms with Crippen molar-refractivity contribution in [2.45, 2.75) is 51.9 Å². The van der Waals surface area contributed by atoms with Gasteiger partial charge in [0.2, 0.25) is 0 Å². The van der Waals surface area contributed by atoms with Gasteiger partial charge in [0, 0.05) is 28.9 Å². The van der Waals surface area contributed by atoms with Crippen LogP contribution in [0, 0.1) is 0 Å². The number of carbonyl (C=O) groups is 1. The molecule has 3 aromatic carbocycles. The van der Waals surface area contributed by atoms with Crippen LogP contribution in [-0.4, -0.2) is 30.2 Å². The number of benzene rings is 3. The zero-order valence-electron chi connectivity index (χ0n) is 24.2. The van der Waals surface area contributed by atoms with E-state index in [0.717, 1.165) is 11.8 Å². The quantitative estimate of drug-likeness (QED) is 0.116. The zero-order chi connectivity index (χ0) is 29.9. The normalized spacial score (nSPS) is 10.8. The minimum Gasteiger partial charge on any atom is -0.493 e. The third-order valence-electron chi connectivity index (χ3n) is 6.88. The molecule has 0 saturated heterocycles. The maximum atomic E-state index is 12.7. The number of aromatic nitrogens is 1. The molecule has 0 aliphatic carbocycles. The van der Waals surface area contributed by atoms with E-state index in [2.05, 4.69) is 22.5 Å². The zero-order valence-corrected chi connectivity index (χ0v) is 25.7. The molecule has 7 nitrogen and oxygen atoms in total. The smallest absolute Gasteiger partial charge is 0.257 e. The number of hydrogen-bond acceptors (Lipinski definition) is 6. The van der Waals surface area contributed by atoms with Gasteiger partial charge in [-0.25, -0.2) is 0 Å². The molecule has 9 heteroatoms. The minimum atomic E-state index is -0.277. The van der Waals surface area contributed by atoms with Crippen LogP contribution < -0.4 is 24.8 Å². The summed E-state index contributed by atoms with van der Waals surface area (Å²) in [6.45, 7) is 2.23. The van der Waals surface area contributed by atoms with E-state index in [-0.39, 0.29) is 11.0 Å². The van der Waals surface area contributed by atoms with Gasteiger partial charge in [-0.15, -0.1) is 0 Å². The molecule has 4 rings (SSSR count). The highest BCUT2D eigenvalue weighted by Crippen LogP contribution is 2.38. The van der Waals surface area contributed by atoms with Crippen LogP contribution in [0.3, 0.4) is 0 Å². The molecule has 1 aromatic heterocycles. The van der Waals surface area contributed by atoms with E-state index >= 15 is 0 Å². The largest absolute Gasteiger partial charge is 0.493 e. The van der Waals surface area contributed by atoms with E-state index in [1.807, 2.05) is 30.3 Å². The number of thiocarbonyl (C=S) groups is 1. The highest BCUT2D eigenvalue weighted by molar-refractivity contribution is 7.80. The number of amides is 1. The predicted octanol–water partition coefficient (Wildman–Crippen LogP) is 8.73. The number of rotatable bonds is 13. The standard InChI is InChI=1S/C33H36ClN3O4S/c1-4-5-6-7-8-9-10-22-11-13-23(14-12-22)32(38)37-33(42)36-24-15-16-29(26(34)19-24)41-28-17-18-35-27-21-31(40-3)30(39-2)20-25(27)28/h11-21H,4-10H2,1-3H3,(H2,36,37,38,42). The number of ether oxygens (including phenoxy) is 3. The van der Waals surface area contributed by atoms with Crippen LogP contribution in [0.5, 0.6) is 23.0 Å². The SMILES string of the molecule is CCCCCCCCc1ccc(C(=O)NC(=S)Nc2ccc(Oc3ccnc4cc(OC)c(OC)cc34)c(Cl)c2)cc1. The van der Waals surface area contributed by atoms with E-state index in [1.165, 1.54) is 44.1 Å². The van der Waals surface area contributed by atoms with Crippen molar-refractivity contribution in [1.82, 2.24) is 10.3 Å². The van der Waals surface area contributed by atoms with Crippen molar-refractivity contribution in [1.29, 1.82) is 0 Å². The fourth-order valence-electron chi connectivity index (χ4n) is 4.59. The Labute approximate surface area is 257 Å². The van der Waals surface area contributed by atoms with E-state index in [0.29, 0.717) is 44.8 Å². The minimum absolute atomic E-state index is 0.169. The summed E-state index contributed by atoms with van der Waals surface area (Å²) in [7, 11) is 3.15. The van der Waals surface area contributed by atoms with Crippen molar-refractivity contribution in [3.63, 3.8) is 0 Å². The van der Waals surface area contributed by atoms with E-state index in [4.69, 9.17) is 38.0 Å². The second-order valence-electron chi connectivity index (χ2n) is 9.90. The third-order valence-corrected chi connectivity index (χ3v) is 7.38. The maximum absolute atomic E-state index is 12.7. The third kappa shape index (κ3) is 8.33. The van der Waals surface area contributed by atoms with Crippen LogP contribution in [0.1, 0.15) is 61.4 Å². The van der Waals surface area contributed by atoms with Crippen LogP contribution in [0.2, 0.25) is 5.02 Å². The molecule has 0 bridgehead atoms. The van der Waals surface area contributed by atoms with Crippen molar-refractivity contribution in [2.24, 2.45) is 0 Å². The van der Waals surface area contributed by atoms with Crippen molar-refractivity contribution in [2.75, 3.05) is 19.5 Å². The Morgan fingerprint density at radius 1 is 0.857 bits per heavy atom. The van der Waals surface area contributed by atoms with Crippen LogP contribution in [-0.2, 0) is 6.42 Å². The first kappa shape index (κ1) is 31.1. The van der Waals surface area contributed by atoms with Crippen molar-refractivity contribution >= 4 is 51.4 Å². The van der Waals surface area contributed by atoms with Gasteiger partial charge in [-0.2, -0.15) is 0 Å². The Hall–Kier alpha value is -3.88. The second kappa shape index (κ2) is 15.4. The van der Waals surface area contributed by atoms with Crippen molar-refractivity contribution in [3.05, 3.63) is 83.0 Å². The summed E-state index contributed by atoms with van der Waals surface area (Å²) < 4.78 is 16.9. The number of carbonyl (C=O) groups excluding carboxylic acids is 1. The Morgan fingerprint density at radius 2 is 1.57 bits per heavy atom. The number of pyridine rings is 1. The number of halogens is 1. The summed E-state index contributed by atoms with van der Waals surface area (Å²) in [6, 6.07) is 18.2. The van der Waals surface area contributed by atoms with Crippen LogP contribution in [0.4, 0.5) is 5.69 Å².